The fraction of sp³-hybridized carbons (Fsp3) is 0.360. The van der Waals surface area contributed by atoms with E-state index >= 15 is 0 Å². The first-order chi connectivity index (χ1) is 14.5. The van der Waals surface area contributed by atoms with E-state index in [1.165, 1.54) is 5.56 Å². The van der Waals surface area contributed by atoms with Gasteiger partial charge in [0.25, 0.3) is 0 Å². The molecule has 0 bridgehead atoms. The molecule has 0 aliphatic carbocycles. The Bertz CT molecular complexity index is 886. The van der Waals surface area contributed by atoms with E-state index in [1.54, 1.807) is 6.08 Å². The third-order valence-corrected chi connectivity index (χ3v) is 5.29. The smallest absolute Gasteiger partial charge is 0.246 e. The van der Waals surface area contributed by atoms with Crippen molar-refractivity contribution in [2.45, 2.75) is 32.9 Å². The molecule has 0 aromatic heterocycles. The van der Waals surface area contributed by atoms with Crippen LogP contribution in [0.15, 0.2) is 54.6 Å². The molecule has 0 saturated carbocycles. The molecule has 1 aliphatic heterocycles. The van der Waals surface area contributed by atoms with Crippen LogP contribution in [0.3, 0.4) is 0 Å². The summed E-state index contributed by atoms with van der Waals surface area (Å²) in [4.78, 5) is 30.3. The fourth-order valence-corrected chi connectivity index (χ4v) is 3.64. The maximum atomic E-state index is 12.7. The number of nitrogens with zero attached hydrogens (tertiary/aromatic N) is 3. The van der Waals surface area contributed by atoms with Crippen LogP contribution < -0.4 is 4.90 Å². The van der Waals surface area contributed by atoms with Crippen molar-refractivity contribution in [1.29, 1.82) is 0 Å². The van der Waals surface area contributed by atoms with E-state index in [2.05, 4.69) is 43.3 Å². The van der Waals surface area contributed by atoms with Gasteiger partial charge in [0.05, 0.1) is 0 Å². The highest BCUT2D eigenvalue weighted by Crippen LogP contribution is 2.22. The number of amides is 2. The summed E-state index contributed by atoms with van der Waals surface area (Å²) in [5.41, 5.74) is 4.26. The zero-order valence-electron chi connectivity index (χ0n) is 18.2. The number of hydrogen-bond acceptors (Lipinski definition) is 3. The fourth-order valence-electron chi connectivity index (χ4n) is 3.64. The number of rotatable bonds is 8. The molecular formula is C25H31N3O2. The molecule has 1 aliphatic rings. The molecule has 5 heteroatoms. The highest BCUT2D eigenvalue weighted by atomic mass is 16.2. The molecule has 1 saturated heterocycles. The number of likely N-dealkylation sites (N-methyl/N-ethyl adjacent to an activating group) is 1. The summed E-state index contributed by atoms with van der Waals surface area (Å²) in [6.07, 6.45) is 5.00. The van der Waals surface area contributed by atoms with Gasteiger partial charge < -0.3 is 14.7 Å². The van der Waals surface area contributed by atoms with Crippen LogP contribution in [0, 0.1) is 0 Å². The molecule has 158 valence electrons. The molecule has 2 aromatic carbocycles. The Hall–Kier alpha value is -2.92. The van der Waals surface area contributed by atoms with Crippen LogP contribution in [0.25, 0.3) is 6.08 Å². The molecule has 0 N–H and O–H groups in total. The van der Waals surface area contributed by atoms with Crippen LogP contribution in [-0.2, 0) is 22.7 Å². The van der Waals surface area contributed by atoms with Crippen molar-refractivity contribution in [3.8, 4) is 0 Å². The topological polar surface area (TPSA) is 43.9 Å². The Balaban J connectivity index is 1.59. The summed E-state index contributed by atoms with van der Waals surface area (Å²) in [5.74, 6) is 0.176. The summed E-state index contributed by atoms with van der Waals surface area (Å²) >= 11 is 0. The van der Waals surface area contributed by atoms with Crippen LogP contribution in [0.5, 0.6) is 0 Å². The standard InChI is InChI=1S/C25H31N3O2/c1-4-27(19-22-9-7-21(8-10-22)18-26(2)3)24(29)16-13-20-11-14-23(15-12-20)28-17-5-6-25(28)30/h7-16H,4-6,17-19H2,1-3H3/b16-13+. The van der Waals surface area contributed by atoms with E-state index in [-0.39, 0.29) is 11.8 Å². The lowest BCUT2D eigenvalue weighted by atomic mass is 10.1. The molecule has 0 radical (unpaired) electrons. The SMILES string of the molecule is CCN(Cc1ccc(CN(C)C)cc1)C(=O)/C=C/c1ccc(N2CCCC2=O)cc1. The van der Waals surface area contributed by atoms with Gasteiger partial charge in [-0.1, -0.05) is 36.4 Å². The normalized spacial score (nSPS) is 14.1. The van der Waals surface area contributed by atoms with Gasteiger partial charge in [-0.3, -0.25) is 9.59 Å². The molecule has 2 amide bonds. The molecule has 0 unspecified atom stereocenters. The van der Waals surface area contributed by atoms with Crippen LogP contribution in [-0.4, -0.2) is 48.8 Å². The lowest BCUT2D eigenvalue weighted by Crippen LogP contribution is -2.28. The second-order valence-corrected chi connectivity index (χ2v) is 7.98. The van der Waals surface area contributed by atoms with Crippen LogP contribution in [0.4, 0.5) is 5.69 Å². The van der Waals surface area contributed by atoms with E-state index in [4.69, 9.17) is 0 Å². The third kappa shape index (κ3) is 5.80. The predicted molar refractivity (Wildman–Crippen MR) is 122 cm³/mol. The average Bonchev–Trinajstić information content (AvgIpc) is 3.17. The maximum absolute atomic E-state index is 12.7. The van der Waals surface area contributed by atoms with Gasteiger partial charge in [0.1, 0.15) is 0 Å². The number of carbonyl (C=O) groups is 2. The zero-order valence-corrected chi connectivity index (χ0v) is 18.2. The summed E-state index contributed by atoms with van der Waals surface area (Å²) < 4.78 is 0. The Kier molecular flexibility index (Phi) is 7.41. The molecule has 1 fully saturated rings. The Labute approximate surface area is 179 Å². The van der Waals surface area contributed by atoms with Crippen LogP contribution >= 0.6 is 0 Å². The minimum absolute atomic E-state index is 0.00587. The minimum atomic E-state index is -0.00587. The molecule has 0 atom stereocenters. The van der Waals surface area contributed by atoms with E-state index in [9.17, 15) is 9.59 Å². The summed E-state index contributed by atoms with van der Waals surface area (Å²) in [7, 11) is 4.11. The molecule has 1 heterocycles. The zero-order chi connectivity index (χ0) is 21.5. The maximum Gasteiger partial charge on any atom is 0.246 e. The van der Waals surface area contributed by atoms with E-state index < -0.39 is 0 Å². The third-order valence-electron chi connectivity index (χ3n) is 5.29. The highest BCUT2D eigenvalue weighted by Gasteiger charge is 2.21. The second-order valence-electron chi connectivity index (χ2n) is 7.98. The monoisotopic (exact) mass is 405 g/mol. The Morgan fingerprint density at radius 2 is 1.63 bits per heavy atom. The van der Waals surface area contributed by atoms with E-state index in [0.717, 1.165) is 36.3 Å². The number of benzene rings is 2. The predicted octanol–water partition coefficient (Wildman–Crippen LogP) is 3.94. The lowest BCUT2D eigenvalue weighted by molar-refractivity contribution is -0.126. The van der Waals surface area contributed by atoms with Crippen molar-refractivity contribution in [3.63, 3.8) is 0 Å². The second kappa shape index (κ2) is 10.2. The van der Waals surface area contributed by atoms with Gasteiger partial charge in [0.2, 0.25) is 11.8 Å². The summed E-state index contributed by atoms with van der Waals surface area (Å²) in [5, 5.41) is 0. The van der Waals surface area contributed by atoms with Crippen LogP contribution in [0.1, 0.15) is 36.5 Å². The first-order valence-corrected chi connectivity index (χ1v) is 10.6. The van der Waals surface area contributed by atoms with Crippen molar-refractivity contribution in [2.24, 2.45) is 0 Å². The molecule has 30 heavy (non-hydrogen) atoms. The number of anilines is 1. The van der Waals surface area contributed by atoms with Gasteiger partial charge in [-0.25, -0.2) is 0 Å². The van der Waals surface area contributed by atoms with Crippen LogP contribution in [0.2, 0.25) is 0 Å². The Morgan fingerprint density at radius 3 is 2.17 bits per heavy atom. The van der Waals surface area contributed by atoms with Gasteiger partial charge in [0.15, 0.2) is 0 Å². The van der Waals surface area contributed by atoms with Crippen molar-refractivity contribution >= 4 is 23.6 Å². The van der Waals surface area contributed by atoms with Gasteiger partial charge >= 0.3 is 0 Å². The number of carbonyl (C=O) groups excluding carboxylic acids is 2. The minimum Gasteiger partial charge on any atom is -0.335 e. The largest absolute Gasteiger partial charge is 0.335 e. The van der Waals surface area contributed by atoms with E-state index in [0.29, 0.717) is 19.5 Å². The van der Waals surface area contributed by atoms with Gasteiger partial charge in [0, 0.05) is 44.4 Å². The molecule has 5 nitrogen and oxygen atoms in total. The van der Waals surface area contributed by atoms with Gasteiger partial charge in [-0.05, 0) is 62.3 Å². The van der Waals surface area contributed by atoms with Crippen molar-refractivity contribution in [2.75, 3.05) is 32.1 Å². The van der Waals surface area contributed by atoms with Crippen molar-refractivity contribution in [1.82, 2.24) is 9.80 Å². The Morgan fingerprint density at radius 1 is 1.00 bits per heavy atom. The van der Waals surface area contributed by atoms with E-state index in [1.807, 2.05) is 47.1 Å². The molecular weight excluding hydrogens is 374 g/mol. The highest BCUT2D eigenvalue weighted by molar-refractivity contribution is 5.95. The molecule has 0 spiro atoms. The average molecular weight is 406 g/mol. The van der Waals surface area contributed by atoms with Gasteiger partial charge in [-0.2, -0.15) is 0 Å². The molecule has 3 rings (SSSR count). The van der Waals surface area contributed by atoms with Crippen molar-refractivity contribution in [3.05, 3.63) is 71.3 Å². The number of hydrogen-bond donors (Lipinski definition) is 0. The van der Waals surface area contributed by atoms with Gasteiger partial charge in [-0.15, -0.1) is 0 Å². The summed E-state index contributed by atoms with van der Waals surface area (Å²) in [6.45, 7) is 4.93. The first kappa shape index (κ1) is 21.8. The first-order valence-electron chi connectivity index (χ1n) is 10.6. The van der Waals surface area contributed by atoms with Crippen molar-refractivity contribution < 1.29 is 9.59 Å². The lowest BCUT2D eigenvalue weighted by Gasteiger charge is -2.19. The quantitative estimate of drug-likeness (QED) is 0.625. The summed E-state index contributed by atoms with van der Waals surface area (Å²) in [6, 6.07) is 16.2. The molecule has 2 aromatic rings.